The second-order valence-corrected chi connectivity index (χ2v) is 5.96. The third kappa shape index (κ3) is 3.19. The SMILES string of the molecule is NOCCCS(=O)(=O)Nc1ccnn1C1CNC1. The van der Waals surface area contributed by atoms with E-state index in [-0.39, 0.29) is 18.4 Å². The predicted molar refractivity (Wildman–Crippen MR) is 66.3 cm³/mol. The Morgan fingerprint density at radius 1 is 1.61 bits per heavy atom. The fraction of sp³-hybridized carbons (Fsp3) is 0.667. The van der Waals surface area contributed by atoms with Gasteiger partial charge in [-0.05, 0) is 6.42 Å². The van der Waals surface area contributed by atoms with Gasteiger partial charge in [0.15, 0.2) is 0 Å². The Kier molecular flexibility index (Phi) is 4.17. The molecule has 0 aromatic carbocycles. The summed E-state index contributed by atoms with van der Waals surface area (Å²) in [6.45, 7) is 1.82. The van der Waals surface area contributed by atoms with Crippen LogP contribution >= 0.6 is 0 Å². The van der Waals surface area contributed by atoms with Crippen LogP contribution in [-0.4, -0.2) is 43.6 Å². The molecule has 1 aliphatic rings. The van der Waals surface area contributed by atoms with Crippen LogP contribution in [0.15, 0.2) is 12.3 Å². The molecule has 1 fully saturated rings. The fourth-order valence-corrected chi connectivity index (χ4v) is 2.76. The van der Waals surface area contributed by atoms with E-state index in [0.717, 1.165) is 13.1 Å². The van der Waals surface area contributed by atoms with Crippen LogP contribution in [0.2, 0.25) is 0 Å². The summed E-state index contributed by atoms with van der Waals surface area (Å²) in [5, 5.41) is 7.24. The number of sulfonamides is 1. The second-order valence-electron chi connectivity index (χ2n) is 4.12. The maximum absolute atomic E-state index is 11.8. The molecular weight excluding hydrogens is 258 g/mol. The molecular formula is C9H17N5O3S. The minimum absolute atomic E-state index is 0.0295. The zero-order valence-corrected chi connectivity index (χ0v) is 10.7. The lowest BCUT2D eigenvalue weighted by molar-refractivity contribution is 0.139. The first-order chi connectivity index (χ1) is 8.62. The van der Waals surface area contributed by atoms with Crippen LogP contribution < -0.4 is 15.9 Å². The van der Waals surface area contributed by atoms with Crippen LogP contribution in [0, 0.1) is 0 Å². The Labute approximate surface area is 105 Å². The quantitative estimate of drug-likeness (QED) is 0.437. The molecule has 0 atom stereocenters. The van der Waals surface area contributed by atoms with Gasteiger partial charge in [0.25, 0.3) is 0 Å². The lowest BCUT2D eigenvalue weighted by atomic mass is 10.2. The highest BCUT2D eigenvalue weighted by molar-refractivity contribution is 7.92. The number of rotatable bonds is 7. The smallest absolute Gasteiger partial charge is 0.233 e. The van der Waals surface area contributed by atoms with Crippen molar-refractivity contribution >= 4 is 15.8 Å². The van der Waals surface area contributed by atoms with E-state index in [4.69, 9.17) is 5.90 Å². The van der Waals surface area contributed by atoms with Crippen LogP contribution in [-0.2, 0) is 14.9 Å². The molecule has 0 amide bonds. The zero-order valence-electron chi connectivity index (χ0n) is 9.87. The Bertz CT molecular complexity index is 482. The third-order valence-corrected chi connectivity index (χ3v) is 4.06. The third-order valence-electron chi connectivity index (χ3n) is 2.71. The molecule has 0 unspecified atom stereocenters. The Hall–Kier alpha value is -1.16. The van der Waals surface area contributed by atoms with E-state index in [1.165, 1.54) is 0 Å². The van der Waals surface area contributed by atoms with E-state index in [1.54, 1.807) is 16.9 Å². The van der Waals surface area contributed by atoms with Gasteiger partial charge in [-0.15, -0.1) is 0 Å². The highest BCUT2D eigenvalue weighted by Gasteiger charge is 2.23. The Morgan fingerprint density at radius 3 is 3.00 bits per heavy atom. The summed E-state index contributed by atoms with van der Waals surface area (Å²) in [5.41, 5.74) is 0. The van der Waals surface area contributed by atoms with Gasteiger partial charge in [-0.3, -0.25) is 4.72 Å². The van der Waals surface area contributed by atoms with Gasteiger partial charge < -0.3 is 10.2 Å². The van der Waals surface area contributed by atoms with Crippen molar-refractivity contribution < 1.29 is 13.3 Å². The van der Waals surface area contributed by atoms with Gasteiger partial charge in [-0.1, -0.05) is 0 Å². The molecule has 0 saturated carbocycles. The summed E-state index contributed by atoms with van der Waals surface area (Å²) in [6, 6.07) is 1.86. The average molecular weight is 275 g/mol. The Morgan fingerprint density at radius 2 is 2.39 bits per heavy atom. The van der Waals surface area contributed by atoms with Crippen molar-refractivity contribution in [3.05, 3.63) is 12.3 Å². The van der Waals surface area contributed by atoms with Gasteiger partial charge in [0.05, 0.1) is 24.6 Å². The molecule has 18 heavy (non-hydrogen) atoms. The number of hydrogen-bond acceptors (Lipinski definition) is 6. The topological polar surface area (TPSA) is 111 Å². The molecule has 9 heteroatoms. The fourth-order valence-electron chi connectivity index (χ4n) is 1.68. The van der Waals surface area contributed by atoms with Gasteiger partial charge in [0, 0.05) is 19.2 Å². The number of anilines is 1. The van der Waals surface area contributed by atoms with Gasteiger partial charge in [0.1, 0.15) is 5.82 Å². The molecule has 0 radical (unpaired) electrons. The summed E-state index contributed by atoms with van der Waals surface area (Å²) in [4.78, 5) is 4.34. The minimum atomic E-state index is -3.38. The molecule has 0 bridgehead atoms. The van der Waals surface area contributed by atoms with Gasteiger partial charge >= 0.3 is 0 Å². The molecule has 102 valence electrons. The summed E-state index contributed by atoms with van der Waals surface area (Å²) >= 11 is 0. The summed E-state index contributed by atoms with van der Waals surface area (Å²) in [7, 11) is -3.38. The predicted octanol–water partition coefficient (Wildman–Crippen LogP) is -0.950. The standard InChI is InChI=1S/C9H17N5O3S/c10-17-4-1-5-18(15,16)13-9-2-3-12-14(9)8-6-11-7-8/h2-3,8,11,13H,1,4-7,10H2. The van der Waals surface area contributed by atoms with E-state index < -0.39 is 10.0 Å². The molecule has 0 aliphatic carbocycles. The second kappa shape index (κ2) is 5.65. The highest BCUT2D eigenvalue weighted by atomic mass is 32.2. The van der Waals surface area contributed by atoms with Crippen molar-refractivity contribution in [2.24, 2.45) is 5.90 Å². The van der Waals surface area contributed by atoms with Crippen molar-refractivity contribution in [1.29, 1.82) is 0 Å². The monoisotopic (exact) mass is 275 g/mol. The van der Waals surface area contributed by atoms with E-state index in [0.29, 0.717) is 12.2 Å². The van der Waals surface area contributed by atoms with Crippen molar-refractivity contribution in [2.75, 3.05) is 30.2 Å². The molecule has 2 rings (SSSR count). The summed E-state index contributed by atoms with van der Waals surface area (Å²) < 4.78 is 27.8. The number of aromatic nitrogens is 2. The van der Waals surface area contributed by atoms with E-state index >= 15 is 0 Å². The van der Waals surface area contributed by atoms with Gasteiger partial charge in [-0.2, -0.15) is 5.10 Å². The normalized spacial score (nSPS) is 16.5. The molecule has 4 N–H and O–H groups in total. The van der Waals surface area contributed by atoms with Crippen LogP contribution in [0.4, 0.5) is 5.82 Å². The lowest BCUT2D eigenvalue weighted by Crippen LogP contribution is -2.44. The van der Waals surface area contributed by atoms with Crippen LogP contribution in [0.3, 0.4) is 0 Å². The largest absolute Gasteiger partial charge is 0.312 e. The van der Waals surface area contributed by atoms with Crippen LogP contribution in [0.25, 0.3) is 0 Å². The van der Waals surface area contributed by atoms with E-state index in [2.05, 4.69) is 20.0 Å². The number of hydrogen-bond donors (Lipinski definition) is 3. The molecule has 1 aromatic heterocycles. The van der Waals surface area contributed by atoms with E-state index in [9.17, 15) is 8.42 Å². The van der Waals surface area contributed by atoms with Gasteiger partial charge in [0.2, 0.25) is 10.0 Å². The van der Waals surface area contributed by atoms with Crippen molar-refractivity contribution in [1.82, 2.24) is 15.1 Å². The number of nitrogens with one attached hydrogen (secondary N) is 2. The van der Waals surface area contributed by atoms with Crippen molar-refractivity contribution in [3.63, 3.8) is 0 Å². The molecule has 0 spiro atoms. The molecule has 1 saturated heterocycles. The Balaban J connectivity index is 1.97. The first-order valence-corrected chi connectivity index (χ1v) is 7.34. The van der Waals surface area contributed by atoms with Crippen LogP contribution in [0.1, 0.15) is 12.5 Å². The number of nitrogens with two attached hydrogens (primary N) is 1. The summed E-state index contributed by atoms with van der Waals surface area (Å²) in [6.07, 6.45) is 1.93. The molecule has 1 aromatic rings. The first-order valence-electron chi connectivity index (χ1n) is 5.69. The van der Waals surface area contributed by atoms with E-state index in [1.807, 2.05) is 0 Å². The van der Waals surface area contributed by atoms with Crippen molar-refractivity contribution in [3.8, 4) is 0 Å². The maximum Gasteiger partial charge on any atom is 0.233 e. The average Bonchev–Trinajstić information content (AvgIpc) is 2.63. The number of nitrogens with zero attached hydrogens (tertiary/aromatic N) is 2. The maximum atomic E-state index is 11.8. The first kappa shape index (κ1) is 13.3. The summed E-state index contributed by atoms with van der Waals surface area (Å²) in [5.74, 6) is 5.31. The van der Waals surface area contributed by atoms with Gasteiger partial charge in [-0.25, -0.2) is 19.0 Å². The molecule has 1 aliphatic heterocycles. The lowest BCUT2D eigenvalue weighted by Gasteiger charge is -2.28. The molecule has 8 nitrogen and oxygen atoms in total. The van der Waals surface area contributed by atoms with Crippen molar-refractivity contribution in [2.45, 2.75) is 12.5 Å². The highest BCUT2D eigenvalue weighted by Crippen LogP contribution is 2.18. The van der Waals surface area contributed by atoms with Crippen LogP contribution in [0.5, 0.6) is 0 Å². The minimum Gasteiger partial charge on any atom is -0.312 e. The molecule has 2 heterocycles. The zero-order chi connectivity index (χ0) is 13.0.